The second-order valence-electron chi connectivity index (χ2n) is 6.73. The van der Waals surface area contributed by atoms with Gasteiger partial charge in [-0.25, -0.2) is 4.79 Å². The molecule has 6 heteroatoms. The predicted octanol–water partition coefficient (Wildman–Crippen LogP) is 2.80. The van der Waals surface area contributed by atoms with Crippen molar-refractivity contribution in [3.8, 4) is 5.75 Å². The maximum Gasteiger partial charge on any atom is 0.328 e. The van der Waals surface area contributed by atoms with Gasteiger partial charge in [0.25, 0.3) is 5.91 Å². The monoisotopic (exact) mass is 361 g/mol. The number of nitrogens with zero attached hydrogens (tertiary/aromatic N) is 1. The van der Waals surface area contributed by atoms with Crippen LogP contribution in [-0.2, 0) is 14.3 Å². The van der Waals surface area contributed by atoms with E-state index < -0.39 is 6.04 Å². The molecule has 2 unspecified atom stereocenters. The van der Waals surface area contributed by atoms with Crippen LogP contribution in [0.2, 0.25) is 0 Å². The van der Waals surface area contributed by atoms with Crippen LogP contribution in [-0.4, -0.2) is 55.3 Å². The minimum absolute atomic E-state index is 0.131. The van der Waals surface area contributed by atoms with E-state index in [1.54, 1.807) is 36.1 Å². The SMILES string of the molecule is CCOC(=O)C1CCCCN1C(=O)c1ccc(OCC2CCCO2)cc1. The van der Waals surface area contributed by atoms with Gasteiger partial charge in [-0.1, -0.05) is 0 Å². The number of hydrogen-bond acceptors (Lipinski definition) is 5. The number of esters is 1. The molecule has 2 saturated heterocycles. The average molecular weight is 361 g/mol. The highest BCUT2D eigenvalue weighted by Crippen LogP contribution is 2.22. The number of ether oxygens (including phenoxy) is 3. The van der Waals surface area contributed by atoms with Gasteiger partial charge in [0.1, 0.15) is 18.4 Å². The third-order valence-electron chi connectivity index (χ3n) is 4.88. The van der Waals surface area contributed by atoms with Gasteiger partial charge in [-0.15, -0.1) is 0 Å². The Kier molecular flexibility index (Phi) is 6.50. The second kappa shape index (κ2) is 9.03. The lowest BCUT2D eigenvalue weighted by molar-refractivity contribution is -0.149. The number of piperidine rings is 1. The first-order valence-corrected chi connectivity index (χ1v) is 9.51. The zero-order chi connectivity index (χ0) is 18.4. The Morgan fingerprint density at radius 1 is 1.15 bits per heavy atom. The van der Waals surface area contributed by atoms with Gasteiger partial charge in [-0.05, 0) is 63.3 Å². The molecule has 142 valence electrons. The highest BCUT2D eigenvalue weighted by atomic mass is 16.5. The highest BCUT2D eigenvalue weighted by Gasteiger charge is 2.33. The number of likely N-dealkylation sites (tertiary alicyclic amines) is 1. The van der Waals surface area contributed by atoms with E-state index >= 15 is 0 Å². The van der Waals surface area contributed by atoms with Crippen LogP contribution >= 0.6 is 0 Å². The normalized spacial score (nSPS) is 22.9. The van der Waals surface area contributed by atoms with E-state index in [0.29, 0.717) is 31.7 Å². The summed E-state index contributed by atoms with van der Waals surface area (Å²) in [6.07, 6.45) is 4.77. The first-order valence-electron chi connectivity index (χ1n) is 9.51. The number of carbonyl (C=O) groups is 2. The molecule has 0 radical (unpaired) electrons. The number of amides is 1. The predicted molar refractivity (Wildman–Crippen MR) is 96.2 cm³/mol. The Labute approximate surface area is 154 Å². The molecule has 26 heavy (non-hydrogen) atoms. The molecule has 0 N–H and O–H groups in total. The van der Waals surface area contributed by atoms with Crippen molar-refractivity contribution in [1.29, 1.82) is 0 Å². The van der Waals surface area contributed by atoms with Gasteiger partial charge in [0, 0.05) is 18.7 Å². The minimum Gasteiger partial charge on any atom is -0.491 e. The molecular weight excluding hydrogens is 334 g/mol. The quantitative estimate of drug-likeness (QED) is 0.729. The van der Waals surface area contributed by atoms with Gasteiger partial charge in [0.15, 0.2) is 0 Å². The second-order valence-corrected chi connectivity index (χ2v) is 6.73. The largest absolute Gasteiger partial charge is 0.491 e. The molecule has 2 aliphatic rings. The van der Waals surface area contributed by atoms with Gasteiger partial charge in [0.2, 0.25) is 0 Å². The van der Waals surface area contributed by atoms with Crippen LogP contribution in [0.5, 0.6) is 5.75 Å². The lowest BCUT2D eigenvalue weighted by Gasteiger charge is -2.34. The van der Waals surface area contributed by atoms with Crippen molar-refractivity contribution in [3.63, 3.8) is 0 Å². The van der Waals surface area contributed by atoms with E-state index in [4.69, 9.17) is 14.2 Å². The van der Waals surface area contributed by atoms with E-state index in [-0.39, 0.29) is 18.0 Å². The van der Waals surface area contributed by atoms with Crippen LogP contribution in [0.25, 0.3) is 0 Å². The Balaban J connectivity index is 1.61. The van der Waals surface area contributed by atoms with E-state index in [2.05, 4.69) is 0 Å². The highest BCUT2D eigenvalue weighted by molar-refractivity contribution is 5.97. The van der Waals surface area contributed by atoms with Crippen molar-refractivity contribution in [3.05, 3.63) is 29.8 Å². The Bertz CT molecular complexity index is 609. The molecular formula is C20H27NO5. The summed E-state index contributed by atoms with van der Waals surface area (Å²) in [5.74, 6) is 0.281. The van der Waals surface area contributed by atoms with Crippen LogP contribution in [0.15, 0.2) is 24.3 Å². The first kappa shape index (κ1) is 18.7. The number of rotatable bonds is 6. The molecule has 6 nitrogen and oxygen atoms in total. The summed E-state index contributed by atoms with van der Waals surface area (Å²) in [7, 11) is 0. The summed E-state index contributed by atoms with van der Waals surface area (Å²) in [6.45, 7) is 4.03. The summed E-state index contributed by atoms with van der Waals surface area (Å²) in [4.78, 5) is 26.7. The lowest BCUT2D eigenvalue weighted by Crippen LogP contribution is -2.48. The van der Waals surface area contributed by atoms with Gasteiger partial charge < -0.3 is 19.1 Å². The Morgan fingerprint density at radius 3 is 2.65 bits per heavy atom. The molecule has 0 bridgehead atoms. The van der Waals surface area contributed by atoms with Gasteiger partial charge >= 0.3 is 5.97 Å². The fourth-order valence-corrected chi connectivity index (χ4v) is 3.48. The maximum absolute atomic E-state index is 12.9. The number of benzene rings is 1. The molecule has 1 aromatic rings. The summed E-state index contributed by atoms with van der Waals surface area (Å²) < 4.78 is 16.4. The fourth-order valence-electron chi connectivity index (χ4n) is 3.48. The molecule has 0 spiro atoms. The molecule has 1 amide bonds. The van der Waals surface area contributed by atoms with Crippen LogP contribution in [0.4, 0.5) is 0 Å². The number of hydrogen-bond donors (Lipinski definition) is 0. The van der Waals surface area contributed by atoms with Crippen LogP contribution in [0, 0.1) is 0 Å². The molecule has 2 heterocycles. The Hall–Kier alpha value is -2.08. The topological polar surface area (TPSA) is 65.1 Å². The van der Waals surface area contributed by atoms with Crippen LogP contribution in [0.1, 0.15) is 49.4 Å². The third-order valence-corrected chi connectivity index (χ3v) is 4.88. The molecule has 0 aromatic heterocycles. The zero-order valence-corrected chi connectivity index (χ0v) is 15.3. The van der Waals surface area contributed by atoms with Crippen molar-refractivity contribution in [1.82, 2.24) is 4.90 Å². The minimum atomic E-state index is -0.480. The van der Waals surface area contributed by atoms with Gasteiger partial charge in [-0.2, -0.15) is 0 Å². The summed E-state index contributed by atoms with van der Waals surface area (Å²) in [6, 6.07) is 6.62. The average Bonchev–Trinajstić information content (AvgIpc) is 3.20. The zero-order valence-electron chi connectivity index (χ0n) is 15.3. The fraction of sp³-hybridized carbons (Fsp3) is 0.600. The van der Waals surface area contributed by atoms with Crippen molar-refractivity contribution in [2.75, 3.05) is 26.4 Å². The molecule has 2 fully saturated rings. The molecule has 2 atom stereocenters. The van der Waals surface area contributed by atoms with Crippen molar-refractivity contribution in [2.45, 2.75) is 51.2 Å². The summed E-state index contributed by atoms with van der Waals surface area (Å²) >= 11 is 0. The third kappa shape index (κ3) is 4.55. The van der Waals surface area contributed by atoms with Crippen LogP contribution in [0.3, 0.4) is 0 Å². The van der Waals surface area contributed by atoms with Crippen molar-refractivity contribution in [2.24, 2.45) is 0 Å². The molecule has 3 rings (SSSR count). The number of carbonyl (C=O) groups excluding carboxylic acids is 2. The van der Waals surface area contributed by atoms with E-state index in [0.717, 1.165) is 38.0 Å². The van der Waals surface area contributed by atoms with Crippen LogP contribution < -0.4 is 4.74 Å². The summed E-state index contributed by atoms with van der Waals surface area (Å²) in [5.41, 5.74) is 0.561. The van der Waals surface area contributed by atoms with E-state index in [1.165, 1.54) is 0 Å². The van der Waals surface area contributed by atoms with E-state index in [9.17, 15) is 9.59 Å². The van der Waals surface area contributed by atoms with E-state index in [1.807, 2.05) is 0 Å². The van der Waals surface area contributed by atoms with Gasteiger partial charge in [-0.3, -0.25) is 4.79 Å². The van der Waals surface area contributed by atoms with Gasteiger partial charge in [0.05, 0.1) is 12.7 Å². The Morgan fingerprint density at radius 2 is 1.96 bits per heavy atom. The standard InChI is InChI=1S/C20H27NO5/c1-2-24-20(23)18-7-3-4-12-21(18)19(22)15-8-10-16(11-9-15)26-14-17-6-5-13-25-17/h8-11,17-18H,2-7,12-14H2,1H3. The molecule has 0 aliphatic carbocycles. The molecule has 0 saturated carbocycles. The molecule has 2 aliphatic heterocycles. The summed E-state index contributed by atoms with van der Waals surface area (Å²) in [5, 5.41) is 0. The lowest BCUT2D eigenvalue weighted by atomic mass is 10.0. The smallest absolute Gasteiger partial charge is 0.328 e. The first-order chi connectivity index (χ1) is 12.7. The van der Waals surface area contributed by atoms with Crippen molar-refractivity contribution < 1.29 is 23.8 Å². The molecule has 1 aromatic carbocycles. The maximum atomic E-state index is 12.9. The van der Waals surface area contributed by atoms with Crippen molar-refractivity contribution >= 4 is 11.9 Å².